The molecule has 0 N–H and O–H groups in total. The number of hydrogen-bond donors (Lipinski definition) is 0. The topological polar surface area (TPSA) is 46.1 Å². The van der Waals surface area contributed by atoms with Crippen LogP contribution in [0.1, 0.15) is 34.7 Å². The fourth-order valence-electron chi connectivity index (χ4n) is 2.77. The Labute approximate surface area is 128 Å². The van der Waals surface area contributed by atoms with Crippen molar-refractivity contribution in [1.29, 1.82) is 0 Å². The van der Waals surface area contributed by atoms with Crippen LogP contribution < -0.4 is 0 Å². The number of hydrogen-bond acceptors (Lipinski definition) is 3. The Balaban J connectivity index is 1.64. The highest BCUT2D eigenvalue weighted by Crippen LogP contribution is 2.28. The maximum atomic E-state index is 12.4. The van der Waals surface area contributed by atoms with E-state index in [4.69, 9.17) is 11.6 Å². The second kappa shape index (κ2) is 6.22. The first-order chi connectivity index (χ1) is 10.2. The van der Waals surface area contributed by atoms with E-state index in [0.29, 0.717) is 16.6 Å². The highest BCUT2D eigenvalue weighted by molar-refractivity contribution is 6.29. The Hall–Kier alpha value is -1.94. The zero-order valence-electron chi connectivity index (χ0n) is 11.6. The molecule has 2 aromatic heterocycles. The van der Waals surface area contributed by atoms with Crippen molar-refractivity contribution in [3.05, 3.63) is 59.1 Å². The van der Waals surface area contributed by atoms with Crippen LogP contribution >= 0.6 is 11.6 Å². The normalized spacial score (nSPS) is 16.0. The molecule has 3 rings (SSSR count). The van der Waals surface area contributed by atoms with Crippen molar-refractivity contribution in [3.63, 3.8) is 0 Å². The van der Waals surface area contributed by atoms with Gasteiger partial charge >= 0.3 is 0 Å². The van der Waals surface area contributed by atoms with Gasteiger partial charge in [0.1, 0.15) is 5.15 Å². The second-order valence-electron chi connectivity index (χ2n) is 5.21. The van der Waals surface area contributed by atoms with E-state index in [1.165, 1.54) is 5.56 Å². The predicted molar refractivity (Wildman–Crippen MR) is 81.4 cm³/mol. The van der Waals surface area contributed by atoms with E-state index in [0.717, 1.165) is 25.9 Å². The Kier molecular flexibility index (Phi) is 4.15. The molecule has 0 bridgehead atoms. The number of amides is 1. The van der Waals surface area contributed by atoms with Crippen molar-refractivity contribution in [2.24, 2.45) is 0 Å². The lowest BCUT2D eigenvalue weighted by molar-refractivity contribution is 0.0713. The van der Waals surface area contributed by atoms with E-state index in [1.807, 2.05) is 17.3 Å². The van der Waals surface area contributed by atoms with Gasteiger partial charge in [0.2, 0.25) is 0 Å². The lowest BCUT2D eigenvalue weighted by Crippen LogP contribution is -2.37. The molecule has 0 atom stereocenters. The maximum absolute atomic E-state index is 12.4. The van der Waals surface area contributed by atoms with E-state index in [2.05, 4.69) is 22.1 Å². The summed E-state index contributed by atoms with van der Waals surface area (Å²) in [6, 6.07) is 7.46. The van der Waals surface area contributed by atoms with Gasteiger partial charge in [-0.25, -0.2) is 4.98 Å². The average Bonchev–Trinajstić information content (AvgIpc) is 2.55. The van der Waals surface area contributed by atoms with Gasteiger partial charge in [0.15, 0.2) is 0 Å². The Morgan fingerprint density at radius 2 is 1.86 bits per heavy atom. The second-order valence-corrected chi connectivity index (χ2v) is 5.60. The summed E-state index contributed by atoms with van der Waals surface area (Å²) in [5.41, 5.74) is 1.92. The maximum Gasteiger partial charge on any atom is 0.254 e. The largest absolute Gasteiger partial charge is 0.339 e. The van der Waals surface area contributed by atoms with Crippen molar-refractivity contribution in [2.45, 2.75) is 18.8 Å². The molecule has 2 aromatic rings. The summed E-state index contributed by atoms with van der Waals surface area (Å²) in [6.07, 6.45) is 7.18. The monoisotopic (exact) mass is 301 g/mol. The molecular weight excluding hydrogens is 286 g/mol. The fourth-order valence-corrected chi connectivity index (χ4v) is 2.94. The minimum atomic E-state index is 0.0347. The van der Waals surface area contributed by atoms with Gasteiger partial charge in [0.05, 0.1) is 0 Å². The smallest absolute Gasteiger partial charge is 0.254 e. The molecule has 1 fully saturated rings. The molecule has 5 heteroatoms. The van der Waals surface area contributed by atoms with Gasteiger partial charge in [-0.15, -0.1) is 0 Å². The number of aromatic nitrogens is 2. The molecule has 0 aromatic carbocycles. The summed E-state index contributed by atoms with van der Waals surface area (Å²) >= 11 is 5.84. The van der Waals surface area contributed by atoms with Crippen LogP contribution in [-0.4, -0.2) is 33.9 Å². The minimum Gasteiger partial charge on any atom is -0.339 e. The summed E-state index contributed by atoms with van der Waals surface area (Å²) in [4.78, 5) is 22.3. The number of piperidine rings is 1. The lowest BCUT2D eigenvalue weighted by atomic mass is 9.90. The fraction of sp³-hybridized carbons (Fsp3) is 0.312. The average molecular weight is 302 g/mol. The quantitative estimate of drug-likeness (QED) is 0.801. The highest BCUT2D eigenvalue weighted by atomic mass is 35.5. The van der Waals surface area contributed by atoms with Crippen LogP contribution in [0.3, 0.4) is 0 Å². The van der Waals surface area contributed by atoms with Crippen molar-refractivity contribution in [3.8, 4) is 0 Å². The molecule has 1 aliphatic rings. The molecule has 0 saturated carbocycles. The summed E-state index contributed by atoms with van der Waals surface area (Å²) < 4.78 is 0. The van der Waals surface area contributed by atoms with Crippen LogP contribution in [0.25, 0.3) is 0 Å². The van der Waals surface area contributed by atoms with Crippen LogP contribution in [0.5, 0.6) is 0 Å². The van der Waals surface area contributed by atoms with E-state index >= 15 is 0 Å². The summed E-state index contributed by atoms with van der Waals surface area (Å²) in [6.45, 7) is 1.54. The Morgan fingerprint density at radius 3 is 2.52 bits per heavy atom. The molecular formula is C16H16ClN3O. The molecule has 0 aliphatic carbocycles. The first-order valence-electron chi connectivity index (χ1n) is 7.05. The van der Waals surface area contributed by atoms with Crippen LogP contribution in [0, 0.1) is 0 Å². The van der Waals surface area contributed by atoms with Gasteiger partial charge in [0.25, 0.3) is 5.91 Å². The summed E-state index contributed by atoms with van der Waals surface area (Å²) in [5.74, 6) is 0.547. The van der Waals surface area contributed by atoms with E-state index in [1.54, 1.807) is 18.3 Å². The number of nitrogens with zero attached hydrogens (tertiary/aromatic N) is 3. The zero-order chi connectivity index (χ0) is 14.7. The molecule has 4 nitrogen and oxygen atoms in total. The molecule has 1 aliphatic heterocycles. The van der Waals surface area contributed by atoms with Gasteiger partial charge in [0, 0.05) is 37.2 Å². The van der Waals surface area contributed by atoms with Gasteiger partial charge < -0.3 is 4.90 Å². The Bertz CT molecular complexity index is 624. The van der Waals surface area contributed by atoms with Crippen molar-refractivity contribution in [2.75, 3.05) is 13.1 Å². The third-order valence-corrected chi connectivity index (χ3v) is 4.14. The van der Waals surface area contributed by atoms with E-state index < -0.39 is 0 Å². The zero-order valence-corrected chi connectivity index (χ0v) is 12.3. The van der Waals surface area contributed by atoms with Crippen LogP contribution in [0.4, 0.5) is 0 Å². The Morgan fingerprint density at radius 1 is 1.14 bits per heavy atom. The SMILES string of the molecule is O=C(c1ccnc(Cl)c1)N1CCC(c2ccncc2)CC1. The molecule has 0 radical (unpaired) electrons. The number of carbonyl (C=O) groups is 1. The highest BCUT2D eigenvalue weighted by Gasteiger charge is 2.24. The van der Waals surface area contributed by atoms with Crippen molar-refractivity contribution >= 4 is 17.5 Å². The minimum absolute atomic E-state index is 0.0347. The van der Waals surface area contributed by atoms with Gasteiger partial charge in [-0.05, 0) is 48.6 Å². The lowest BCUT2D eigenvalue weighted by Gasteiger charge is -2.32. The van der Waals surface area contributed by atoms with E-state index in [-0.39, 0.29) is 5.91 Å². The number of rotatable bonds is 2. The first kappa shape index (κ1) is 14.0. The molecule has 21 heavy (non-hydrogen) atoms. The standard InChI is InChI=1S/C16H16ClN3O/c17-15-11-14(3-8-19-15)16(21)20-9-4-13(5-10-20)12-1-6-18-7-2-12/h1-3,6-8,11,13H,4-5,9-10H2. The van der Waals surface area contributed by atoms with Crippen LogP contribution in [-0.2, 0) is 0 Å². The van der Waals surface area contributed by atoms with Gasteiger partial charge in [-0.2, -0.15) is 0 Å². The third kappa shape index (κ3) is 3.22. The first-order valence-corrected chi connectivity index (χ1v) is 7.42. The van der Waals surface area contributed by atoms with Crippen LogP contribution in [0.2, 0.25) is 5.15 Å². The molecule has 3 heterocycles. The molecule has 1 amide bonds. The summed E-state index contributed by atoms with van der Waals surface area (Å²) in [7, 11) is 0. The van der Waals surface area contributed by atoms with E-state index in [9.17, 15) is 4.79 Å². The third-order valence-electron chi connectivity index (χ3n) is 3.93. The molecule has 1 saturated heterocycles. The number of halogens is 1. The van der Waals surface area contributed by atoms with Gasteiger partial charge in [-0.1, -0.05) is 11.6 Å². The molecule has 108 valence electrons. The van der Waals surface area contributed by atoms with Crippen molar-refractivity contribution < 1.29 is 4.79 Å². The van der Waals surface area contributed by atoms with Crippen LogP contribution in [0.15, 0.2) is 42.9 Å². The van der Waals surface area contributed by atoms with Crippen molar-refractivity contribution in [1.82, 2.24) is 14.9 Å². The van der Waals surface area contributed by atoms with Gasteiger partial charge in [-0.3, -0.25) is 9.78 Å². The number of likely N-dealkylation sites (tertiary alicyclic amines) is 1. The summed E-state index contributed by atoms with van der Waals surface area (Å²) in [5, 5.41) is 0.354. The number of pyridine rings is 2. The molecule has 0 unspecified atom stereocenters. The number of carbonyl (C=O) groups excluding carboxylic acids is 1. The molecule has 0 spiro atoms. The predicted octanol–water partition coefficient (Wildman–Crippen LogP) is 3.15.